The number of aromatic nitrogens is 1. The van der Waals surface area contributed by atoms with Crippen LogP contribution in [0.25, 0.3) is 10.2 Å². The summed E-state index contributed by atoms with van der Waals surface area (Å²) in [5.74, 6) is 2.02. The second-order valence-electron chi connectivity index (χ2n) is 8.26. The SMILES string of the molecule is COc1ccc2c(c1)CCN(C(=O)C1CCCN(c3nc4ccc(OC)cc4s3)C1)C2. The molecule has 0 spiro atoms. The zero-order valence-electron chi connectivity index (χ0n) is 18.0. The number of carbonyl (C=O) groups excluding carboxylic acids is 1. The Hall–Kier alpha value is -2.80. The number of rotatable bonds is 4. The quantitative estimate of drug-likeness (QED) is 0.615. The lowest BCUT2D eigenvalue weighted by molar-refractivity contribution is -0.136. The Balaban J connectivity index is 1.29. The van der Waals surface area contributed by atoms with Gasteiger partial charge in [-0.25, -0.2) is 4.98 Å². The number of anilines is 1. The summed E-state index contributed by atoms with van der Waals surface area (Å²) in [6.07, 6.45) is 2.84. The Morgan fingerprint density at radius 2 is 1.87 bits per heavy atom. The predicted molar refractivity (Wildman–Crippen MR) is 123 cm³/mol. The van der Waals surface area contributed by atoms with Gasteiger partial charge in [0.25, 0.3) is 0 Å². The van der Waals surface area contributed by atoms with Crippen molar-refractivity contribution < 1.29 is 14.3 Å². The minimum atomic E-state index is 0.0232. The second kappa shape index (κ2) is 8.38. The van der Waals surface area contributed by atoms with Crippen LogP contribution in [0.15, 0.2) is 36.4 Å². The molecule has 1 aromatic heterocycles. The number of ether oxygens (including phenoxy) is 2. The standard InChI is InChI=1S/C24H27N3O3S/c1-29-19-6-5-17-14-26(11-9-16(17)12-19)23(28)18-4-3-10-27(15-18)24-25-21-8-7-20(30-2)13-22(21)31-24/h5-8,12-13,18H,3-4,9-11,14-15H2,1-2H3. The van der Waals surface area contributed by atoms with Crippen LogP contribution in [0.4, 0.5) is 5.13 Å². The van der Waals surface area contributed by atoms with Crippen LogP contribution in [0.3, 0.4) is 0 Å². The van der Waals surface area contributed by atoms with Crippen LogP contribution in [0, 0.1) is 5.92 Å². The highest BCUT2D eigenvalue weighted by Gasteiger charge is 2.32. The fourth-order valence-electron chi connectivity index (χ4n) is 4.61. The predicted octanol–water partition coefficient (Wildman–Crippen LogP) is 4.11. The van der Waals surface area contributed by atoms with E-state index in [-0.39, 0.29) is 11.8 Å². The summed E-state index contributed by atoms with van der Waals surface area (Å²) in [5.41, 5.74) is 3.50. The van der Waals surface area contributed by atoms with Gasteiger partial charge >= 0.3 is 0 Å². The first-order valence-electron chi connectivity index (χ1n) is 10.8. The summed E-state index contributed by atoms with van der Waals surface area (Å²) in [4.78, 5) is 22.5. The minimum Gasteiger partial charge on any atom is -0.497 e. The lowest BCUT2D eigenvalue weighted by Crippen LogP contribution is -2.46. The van der Waals surface area contributed by atoms with Crippen LogP contribution in [0.5, 0.6) is 11.5 Å². The molecule has 1 amide bonds. The Morgan fingerprint density at radius 3 is 2.71 bits per heavy atom. The van der Waals surface area contributed by atoms with Crippen molar-refractivity contribution in [3.05, 3.63) is 47.5 Å². The van der Waals surface area contributed by atoms with Gasteiger partial charge in [-0.05, 0) is 60.7 Å². The molecule has 2 aromatic carbocycles. The largest absolute Gasteiger partial charge is 0.497 e. The number of hydrogen-bond donors (Lipinski definition) is 0. The maximum atomic E-state index is 13.4. The van der Waals surface area contributed by atoms with Gasteiger partial charge in [-0.1, -0.05) is 17.4 Å². The number of benzene rings is 2. The third-order valence-electron chi connectivity index (χ3n) is 6.36. The number of methoxy groups -OCH3 is 2. The zero-order valence-corrected chi connectivity index (χ0v) is 18.8. The smallest absolute Gasteiger partial charge is 0.227 e. The zero-order chi connectivity index (χ0) is 21.4. The Bertz CT molecular complexity index is 1110. The molecule has 2 aliphatic rings. The summed E-state index contributed by atoms with van der Waals surface area (Å²) in [6, 6.07) is 12.2. The molecule has 3 heterocycles. The topological polar surface area (TPSA) is 54.9 Å². The van der Waals surface area contributed by atoms with Gasteiger partial charge in [0.05, 0.1) is 30.4 Å². The molecule has 7 heteroatoms. The average Bonchev–Trinajstić information content (AvgIpc) is 3.26. The fraction of sp³-hybridized carbons (Fsp3) is 0.417. The molecule has 1 atom stereocenters. The van der Waals surface area contributed by atoms with Gasteiger partial charge < -0.3 is 19.3 Å². The van der Waals surface area contributed by atoms with E-state index in [1.54, 1.807) is 25.6 Å². The second-order valence-corrected chi connectivity index (χ2v) is 9.27. The van der Waals surface area contributed by atoms with Crippen LogP contribution in [0.2, 0.25) is 0 Å². The minimum absolute atomic E-state index is 0.0232. The summed E-state index contributed by atoms with van der Waals surface area (Å²) in [7, 11) is 3.37. The third-order valence-corrected chi connectivity index (χ3v) is 7.44. The van der Waals surface area contributed by atoms with Crippen molar-refractivity contribution in [3.8, 4) is 11.5 Å². The molecule has 3 aromatic rings. The summed E-state index contributed by atoms with van der Waals surface area (Å²) in [5, 5.41) is 0.997. The van der Waals surface area contributed by atoms with E-state index in [4.69, 9.17) is 14.5 Å². The Morgan fingerprint density at radius 1 is 1.06 bits per heavy atom. The van der Waals surface area contributed by atoms with E-state index >= 15 is 0 Å². The van der Waals surface area contributed by atoms with E-state index in [1.165, 1.54) is 11.1 Å². The highest BCUT2D eigenvalue weighted by atomic mass is 32.1. The highest BCUT2D eigenvalue weighted by Crippen LogP contribution is 2.34. The fourth-order valence-corrected chi connectivity index (χ4v) is 5.64. The molecule has 0 bridgehead atoms. The van der Waals surface area contributed by atoms with Crippen LogP contribution in [0.1, 0.15) is 24.0 Å². The van der Waals surface area contributed by atoms with Crippen LogP contribution in [-0.4, -0.2) is 49.6 Å². The van der Waals surface area contributed by atoms with Gasteiger partial charge in [-0.2, -0.15) is 0 Å². The number of hydrogen-bond acceptors (Lipinski definition) is 6. The van der Waals surface area contributed by atoms with Crippen LogP contribution < -0.4 is 14.4 Å². The van der Waals surface area contributed by atoms with E-state index < -0.39 is 0 Å². The average molecular weight is 438 g/mol. The van der Waals surface area contributed by atoms with E-state index in [0.29, 0.717) is 6.54 Å². The monoisotopic (exact) mass is 437 g/mol. The molecular weight excluding hydrogens is 410 g/mol. The Kier molecular flexibility index (Phi) is 5.44. The third kappa shape index (κ3) is 3.94. The molecule has 1 fully saturated rings. The summed E-state index contributed by atoms with van der Waals surface area (Å²) in [6.45, 7) is 3.15. The molecule has 0 aliphatic carbocycles. The first-order valence-corrected chi connectivity index (χ1v) is 11.6. The Labute approximate surface area is 186 Å². The molecule has 0 saturated carbocycles. The van der Waals surface area contributed by atoms with Crippen LogP contribution >= 0.6 is 11.3 Å². The van der Waals surface area contributed by atoms with E-state index in [1.807, 2.05) is 29.2 Å². The van der Waals surface area contributed by atoms with E-state index in [2.05, 4.69) is 17.0 Å². The first kappa shape index (κ1) is 20.1. The number of fused-ring (bicyclic) bond motifs is 2. The molecule has 2 aliphatic heterocycles. The molecule has 0 N–H and O–H groups in total. The summed E-state index contributed by atoms with van der Waals surface area (Å²) < 4.78 is 11.8. The van der Waals surface area contributed by atoms with E-state index in [0.717, 1.165) is 65.7 Å². The maximum absolute atomic E-state index is 13.4. The molecule has 1 saturated heterocycles. The molecule has 31 heavy (non-hydrogen) atoms. The number of amides is 1. The normalized spacial score (nSPS) is 18.7. The van der Waals surface area contributed by atoms with Crippen molar-refractivity contribution >= 4 is 32.6 Å². The molecular formula is C24H27N3O3S. The number of carbonyl (C=O) groups is 1. The molecule has 5 rings (SSSR count). The number of nitrogens with zero attached hydrogens (tertiary/aromatic N) is 3. The van der Waals surface area contributed by atoms with Gasteiger partial charge in [-0.3, -0.25) is 4.79 Å². The molecule has 6 nitrogen and oxygen atoms in total. The first-order chi connectivity index (χ1) is 15.1. The summed E-state index contributed by atoms with van der Waals surface area (Å²) >= 11 is 1.67. The van der Waals surface area contributed by atoms with Gasteiger partial charge in [0.2, 0.25) is 5.91 Å². The molecule has 162 valence electrons. The lowest BCUT2D eigenvalue weighted by atomic mass is 9.94. The van der Waals surface area contributed by atoms with Crippen molar-refractivity contribution in [2.45, 2.75) is 25.8 Å². The van der Waals surface area contributed by atoms with E-state index in [9.17, 15) is 4.79 Å². The van der Waals surface area contributed by atoms with Crippen molar-refractivity contribution in [3.63, 3.8) is 0 Å². The molecule has 1 unspecified atom stereocenters. The lowest BCUT2D eigenvalue weighted by Gasteiger charge is -2.36. The van der Waals surface area contributed by atoms with Crippen molar-refractivity contribution in [1.82, 2.24) is 9.88 Å². The molecule has 0 radical (unpaired) electrons. The van der Waals surface area contributed by atoms with Crippen molar-refractivity contribution in [2.24, 2.45) is 5.92 Å². The van der Waals surface area contributed by atoms with Crippen molar-refractivity contribution in [2.75, 3.05) is 38.8 Å². The highest BCUT2D eigenvalue weighted by molar-refractivity contribution is 7.22. The van der Waals surface area contributed by atoms with Crippen molar-refractivity contribution in [1.29, 1.82) is 0 Å². The van der Waals surface area contributed by atoms with Gasteiger partial charge in [0.1, 0.15) is 11.5 Å². The van der Waals surface area contributed by atoms with Gasteiger partial charge in [-0.15, -0.1) is 0 Å². The van der Waals surface area contributed by atoms with Crippen LogP contribution in [-0.2, 0) is 17.8 Å². The number of piperidine rings is 1. The maximum Gasteiger partial charge on any atom is 0.227 e. The number of thiazole rings is 1. The van der Waals surface area contributed by atoms with Gasteiger partial charge in [0, 0.05) is 26.2 Å². The van der Waals surface area contributed by atoms with Gasteiger partial charge in [0.15, 0.2) is 5.13 Å².